The van der Waals surface area contributed by atoms with Gasteiger partial charge in [0.2, 0.25) is 5.91 Å². The van der Waals surface area contributed by atoms with Crippen LogP contribution in [0.1, 0.15) is 37.8 Å². The fourth-order valence-electron chi connectivity index (χ4n) is 3.86. The predicted molar refractivity (Wildman–Crippen MR) is 91.6 cm³/mol. The monoisotopic (exact) mass is 330 g/mol. The summed E-state index contributed by atoms with van der Waals surface area (Å²) in [6, 6.07) is 8.29. The van der Waals surface area contributed by atoms with E-state index in [2.05, 4.69) is 23.1 Å². The average Bonchev–Trinajstić information content (AvgIpc) is 2.60. The Morgan fingerprint density at radius 2 is 1.92 bits per heavy atom. The van der Waals surface area contributed by atoms with E-state index >= 15 is 0 Å². The summed E-state index contributed by atoms with van der Waals surface area (Å²) in [5.74, 6) is -1.16. The molecule has 1 N–H and O–H groups in total. The number of likely N-dealkylation sites (tertiary alicyclic amines) is 1. The number of aliphatic carboxylic acids is 1. The van der Waals surface area contributed by atoms with E-state index < -0.39 is 11.9 Å². The van der Waals surface area contributed by atoms with Crippen molar-refractivity contribution in [3.63, 3.8) is 0 Å². The first-order chi connectivity index (χ1) is 11.5. The quantitative estimate of drug-likeness (QED) is 0.922. The molecule has 1 saturated heterocycles. The molecule has 1 aromatic carbocycles. The highest BCUT2D eigenvalue weighted by Gasteiger charge is 2.36. The Kier molecular flexibility index (Phi) is 4.90. The maximum Gasteiger partial charge on any atom is 0.308 e. The van der Waals surface area contributed by atoms with Gasteiger partial charge in [0.25, 0.3) is 0 Å². The number of carbonyl (C=O) groups is 2. The number of rotatable bonds is 3. The Hall–Kier alpha value is -1.88. The third-order valence-electron chi connectivity index (χ3n) is 5.58. The molecule has 24 heavy (non-hydrogen) atoms. The first-order valence-corrected chi connectivity index (χ1v) is 8.81. The van der Waals surface area contributed by atoms with E-state index in [9.17, 15) is 14.7 Å². The first kappa shape index (κ1) is 17.0. The zero-order valence-electron chi connectivity index (χ0n) is 14.4. The highest BCUT2D eigenvalue weighted by atomic mass is 16.4. The topological polar surface area (TPSA) is 60.9 Å². The third-order valence-corrected chi connectivity index (χ3v) is 5.58. The van der Waals surface area contributed by atoms with Gasteiger partial charge in [-0.05, 0) is 44.2 Å². The van der Waals surface area contributed by atoms with E-state index in [1.807, 2.05) is 19.9 Å². The SMILES string of the molecule is CC(C(=O)N1CC(C(=O)O)CCC1C)N1CCc2ccccc2C1. The molecule has 130 valence electrons. The molecule has 1 aromatic rings. The Morgan fingerprint density at radius 3 is 2.62 bits per heavy atom. The lowest BCUT2D eigenvalue weighted by Gasteiger charge is -2.41. The highest BCUT2D eigenvalue weighted by Crippen LogP contribution is 2.25. The van der Waals surface area contributed by atoms with Gasteiger partial charge in [0.05, 0.1) is 12.0 Å². The molecule has 0 saturated carbocycles. The van der Waals surface area contributed by atoms with Crippen molar-refractivity contribution in [2.24, 2.45) is 5.92 Å². The Bertz CT molecular complexity index is 631. The molecule has 3 atom stereocenters. The van der Waals surface area contributed by atoms with Gasteiger partial charge < -0.3 is 10.0 Å². The zero-order valence-corrected chi connectivity index (χ0v) is 14.4. The molecule has 0 aliphatic carbocycles. The van der Waals surface area contributed by atoms with E-state index in [1.54, 1.807) is 4.90 Å². The summed E-state index contributed by atoms with van der Waals surface area (Å²) in [5.41, 5.74) is 2.66. The van der Waals surface area contributed by atoms with E-state index in [1.165, 1.54) is 11.1 Å². The van der Waals surface area contributed by atoms with Gasteiger partial charge in [-0.3, -0.25) is 14.5 Å². The van der Waals surface area contributed by atoms with Gasteiger partial charge in [-0.1, -0.05) is 24.3 Å². The van der Waals surface area contributed by atoms with E-state index in [0.29, 0.717) is 13.0 Å². The predicted octanol–water partition coefficient (Wildman–Crippen LogP) is 2.14. The maximum absolute atomic E-state index is 13.0. The molecule has 5 heteroatoms. The summed E-state index contributed by atoms with van der Waals surface area (Å²) < 4.78 is 0. The molecule has 1 amide bonds. The van der Waals surface area contributed by atoms with Crippen molar-refractivity contribution in [2.75, 3.05) is 13.1 Å². The molecule has 0 bridgehead atoms. The van der Waals surface area contributed by atoms with Crippen LogP contribution in [0.15, 0.2) is 24.3 Å². The first-order valence-electron chi connectivity index (χ1n) is 8.81. The normalized spacial score (nSPS) is 25.8. The number of carboxylic acids is 1. The lowest BCUT2D eigenvalue weighted by atomic mass is 9.92. The number of piperidine rings is 1. The van der Waals surface area contributed by atoms with Crippen LogP contribution >= 0.6 is 0 Å². The summed E-state index contributed by atoms with van der Waals surface area (Å²) in [7, 11) is 0. The second-order valence-electron chi connectivity index (χ2n) is 7.12. The molecular weight excluding hydrogens is 304 g/mol. The number of carbonyl (C=O) groups excluding carboxylic acids is 1. The highest BCUT2D eigenvalue weighted by molar-refractivity contribution is 5.83. The summed E-state index contributed by atoms with van der Waals surface area (Å²) in [5, 5.41) is 9.27. The van der Waals surface area contributed by atoms with Crippen molar-refractivity contribution in [3.05, 3.63) is 35.4 Å². The fraction of sp³-hybridized carbons (Fsp3) is 0.579. The van der Waals surface area contributed by atoms with Crippen LogP contribution in [0.4, 0.5) is 0 Å². The van der Waals surface area contributed by atoms with Crippen LogP contribution in [-0.2, 0) is 22.6 Å². The van der Waals surface area contributed by atoms with Gasteiger partial charge in [-0.2, -0.15) is 0 Å². The maximum atomic E-state index is 13.0. The fourth-order valence-corrected chi connectivity index (χ4v) is 3.86. The lowest BCUT2D eigenvalue weighted by Crippen LogP contribution is -2.54. The Labute approximate surface area is 143 Å². The summed E-state index contributed by atoms with van der Waals surface area (Å²) in [6.45, 7) is 5.97. The molecule has 2 aliphatic heterocycles. The minimum Gasteiger partial charge on any atom is -0.481 e. The van der Waals surface area contributed by atoms with Gasteiger partial charge in [0.1, 0.15) is 0 Å². The third kappa shape index (κ3) is 3.31. The molecule has 0 spiro atoms. The van der Waals surface area contributed by atoms with Crippen molar-refractivity contribution >= 4 is 11.9 Å². The van der Waals surface area contributed by atoms with Crippen LogP contribution in [-0.4, -0.2) is 52.0 Å². The minimum atomic E-state index is -0.792. The second-order valence-corrected chi connectivity index (χ2v) is 7.12. The summed E-state index contributed by atoms with van der Waals surface area (Å²) >= 11 is 0. The van der Waals surface area contributed by atoms with Crippen molar-refractivity contribution in [2.45, 2.75) is 51.7 Å². The van der Waals surface area contributed by atoms with Crippen molar-refractivity contribution < 1.29 is 14.7 Å². The van der Waals surface area contributed by atoms with E-state index in [0.717, 1.165) is 25.9 Å². The van der Waals surface area contributed by atoms with Crippen LogP contribution in [0.25, 0.3) is 0 Å². The number of fused-ring (bicyclic) bond motifs is 1. The molecule has 1 fully saturated rings. The molecule has 0 aromatic heterocycles. The van der Waals surface area contributed by atoms with Gasteiger partial charge >= 0.3 is 5.97 Å². The largest absolute Gasteiger partial charge is 0.481 e. The number of amides is 1. The summed E-state index contributed by atoms with van der Waals surface area (Å²) in [4.78, 5) is 28.3. The van der Waals surface area contributed by atoms with Gasteiger partial charge in [0.15, 0.2) is 0 Å². The molecule has 3 unspecified atom stereocenters. The standard InChI is InChI=1S/C19H26N2O3/c1-13-7-8-17(19(23)24)12-21(13)18(22)14(2)20-10-9-15-5-3-4-6-16(15)11-20/h3-6,13-14,17H,7-12H2,1-2H3,(H,23,24). The average molecular weight is 330 g/mol. The van der Waals surface area contributed by atoms with Crippen LogP contribution < -0.4 is 0 Å². The van der Waals surface area contributed by atoms with Gasteiger partial charge in [0, 0.05) is 25.7 Å². The molecule has 3 rings (SSSR count). The number of benzene rings is 1. The van der Waals surface area contributed by atoms with Crippen LogP contribution in [0.2, 0.25) is 0 Å². The van der Waals surface area contributed by atoms with Crippen molar-refractivity contribution in [1.29, 1.82) is 0 Å². The van der Waals surface area contributed by atoms with E-state index in [-0.39, 0.29) is 18.0 Å². The zero-order chi connectivity index (χ0) is 17.3. The Balaban J connectivity index is 1.69. The molecule has 0 radical (unpaired) electrons. The Morgan fingerprint density at radius 1 is 1.21 bits per heavy atom. The molecular formula is C19H26N2O3. The van der Waals surface area contributed by atoms with E-state index in [4.69, 9.17) is 0 Å². The molecule has 5 nitrogen and oxygen atoms in total. The molecule has 2 heterocycles. The van der Waals surface area contributed by atoms with Crippen molar-refractivity contribution in [1.82, 2.24) is 9.80 Å². The number of hydrogen-bond acceptors (Lipinski definition) is 3. The van der Waals surface area contributed by atoms with Gasteiger partial charge in [-0.15, -0.1) is 0 Å². The van der Waals surface area contributed by atoms with Crippen molar-refractivity contribution in [3.8, 4) is 0 Å². The van der Waals surface area contributed by atoms with Gasteiger partial charge in [-0.25, -0.2) is 0 Å². The van der Waals surface area contributed by atoms with Crippen LogP contribution in [0.3, 0.4) is 0 Å². The van der Waals surface area contributed by atoms with Crippen LogP contribution in [0.5, 0.6) is 0 Å². The summed E-state index contributed by atoms with van der Waals surface area (Å²) in [6.07, 6.45) is 2.38. The number of hydrogen-bond donors (Lipinski definition) is 1. The molecule has 2 aliphatic rings. The lowest BCUT2D eigenvalue weighted by molar-refractivity contribution is -0.149. The smallest absolute Gasteiger partial charge is 0.308 e. The van der Waals surface area contributed by atoms with Crippen LogP contribution in [0, 0.1) is 5.92 Å². The number of nitrogens with zero attached hydrogens (tertiary/aromatic N) is 2. The second kappa shape index (κ2) is 6.93. The minimum absolute atomic E-state index is 0.0628. The number of carboxylic acid groups (broad SMARTS) is 1.